The minimum absolute atomic E-state index is 0.00194. The number of benzene rings is 1. The van der Waals surface area contributed by atoms with Crippen molar-refractivity contribution >= 4 is 23.2 Å². The molecule has 10 heteroatoms. The monoisotopic (exact) mass is 396 g/mol. The molecule has 0 bridgehead atoms. The number of rotatable bonds is 5. The third kappa shape index (κ3) is 3.72. The smallest absolute Gasteiger partial charge is 0.374 e. The number of amides is 2. The van der Waals surface area contributed by atoms with Gasteiger partial charge < -0.3 is 19.9 Å². The normalized spacial score (nSPS) is 16.9. The Morgan fingerprint density at radius 1 is 1.29 bits per heavy atom. The Morgan fingerprint density at radius 3 is 2.46 bits per heavy atom. The molecule has 1 aromatic carbocycles. The van der Waals surface area contributed by atoms with Crippen LogP contribution in [0, 0.1) is 0 Å². The average molecular weight is 396 g/mol. The van der Waals surface area contributed by atoms with Crippen LogP contribution in [-0.2, 0) is 22.2 Å². The predicted molar refractivity (Wildman–Crippen MR) is 94.4 cm³/mol. The lowest BCUT2D eigenvalue weighted by atomic mass is 9.97. The lowest BCUT2D eigenvalue weighted by molar-refractivity contribution is -0.270. The second kappa shape index (κ2) is 7.27. The van der Waals surface area contributed by atoms with Gasteiger partial charge in [0.1, 0.15) is 0 Å². The summed E-state index contributed by atoms with van der Waals surface area (Å²) in [6.45, 7) is 0.604. The van der Waals surface area contributed by atoms with Crippen LogP contribution in [0.1, 0.15) is 25.1 Å². The first kappa shape index (κ1) is 19.9. The topological polar surface area (TPSA) is 87.5 Å². The van der Waals surface area contributed by atoms with Crippen molar-refractivity contribution in [1.29, 1.82) is 0 Å². The van der Waals surface area contributed by atoms with Gasteiger partial charge in [-0.2, -0.15) is 13.2 Å². The summed E-state index contributed by atoms with van der Waals surface area (Å²) >= 11 is 0. The summed E-state index contributed by atoms with van der Waals surface area (Å²) in [5.41, 5.74) is -2.51. The molecule has 1 aromatic heterocycles. The lowest BCUT2D eigenvalue weighted by Gasteiger charge is -2.29. The number of carbonyl (C=O) groups excluding carboxylic acids is 2. The SMILES string of the molecule is Cn1ccnc1[C@](O)(CC(=O)Nc1ccc(N2CCCC2=O)cc1)C(F)(F)F. The van der Waals surface area contributed by atoms with Crippen molar-refractivity contribution in [3.05, 3.63) is 42.5 Å². The molecule has 1 fully saturated rings. The number of carbonyl (C=O) groups is 2. The van der Waals surface area contributed by atoms with Gasteiger partial charge in [-0.05, 0) is 30.7 Å². The predicted octanol–water partition coefficient (Wildman–Crippen LogP) is 2.33. The zero-order chi connectivity index (χ0) is 20.5. The number of aromatic nitrogens is 2. The van der Waals surface area contributed by atoms with Gasteiger partial charge in [-0.3, -0.25) is 9.59 Å². The van der Waals surface area contributed by atoms with E-state index in [4.69, 9.17) is 0 Å². The zero-order valence-electron chi connectivity index (χ0n) is 15.0. The average Bonchev–Trinajstić information content (AvgIpc) is 3.23. The number of anilines is 2. The molecule has 2 N–H and O–H groups in total. The molecular weight excluding hydrogens is 377 g/mol. The maximum Gasteiger partial charge on any atom is 0.425 e. The van der Waals surface area contributed by atoms with Gasteiger partial charge >= 0.3 is 6.18 Å². The fourth-order valence-electron chi connectivity index (χ4n) is 3.15. The first-order valence-electron chi connectivity index (χ1n) is 8.59. The summed E-state index contributed by atoms with van der Waals surface area (Å²) in [6.07, 6.45) is -2.73. The van der Waals surface area contributed by atoms with Crippen molar-refractivity contribution in [2.45, 2.75) is 31.0 Å². The van der Waals surface area contributed by atoms with Crippen LogP contribution in [-0.4, -0.2) is 39.2 Å². The summed E-state index contributed by atoms with van der Waals surface area (Å²) in [5.74, 6) is -1.69. The van der Waals surface area contributed by atoms with E-state index in [1.807, 2.05) is 0 Å². The molecule has 0 radical (unpaired) electrons. The number of imidazole rings is 1. The third-order valence-electron chi connectivity index (χ3n) is 4.61. The highest BCUT2D eigenvalue weighted by atomic mass is 19.4. The number of hydrogen-bond donors (Lipinski definition) is 2. The second-order valence-corrected chi connectivity index (χ2v) is 6.64. The van der Waals surface area contributed by atoms with E-state index in [1.54, 1.807) is 17.0 Å². The highest BCUT2D eigenvalue weighted by molar-refractivity contribution is 5.96. The quantitative estimate of drug-likeness (QED) is 0.812. The van der Waals surface area contributed by atoms with Crippen LogP contribution in [0.5, 0.6) is 0 Å². The molecule has 7 nitrogen and oxygen atoms in total. The van der Waals surface area contributed by atoms with Crippen molar-refractivity contribution in [2.24, 2.45) is 7.05 Å². The van der Waals surface area contributed by atoms with Crippen molar-refractivity contribution in [3.63, 3.8) is 0 Å². The molecule has 0 spiro atoms. The Bertz CT molecular complexity index is 879. The minimum Gasteiger partial charge on any atom is -0.374 e. The fraction of sp³-hybridized carbons (Fsp3) is 0.389. The number of nitrogens with one attached hydrogen (secondary N) is 1. The Morgan fingerprint density at radius 2 is 1.96 bits per heavy atom. The summed E-state index contributed by atoms with van der Waals surface area (Å²) in [5, 5.41) is 12.6. The number of aryl methyl sites for hydroxylation is 1. The molecule has 1 saturated heterocycles. The van der Waals surface area contributed by atoms with Gasteiger partial charge in [0.15, 0.2) is 5.82 Å². The molecule has 2 aromatic rings. The van der Waals surface area contributed by atoms with E-state index in [9.17, 15) is 27.9 Å². The molecule has 150 valence electrons. The Labute approximate surface area is 158 Å². The van der Waals surface area contributed by atoms with Crippen LogP contribution < -0.4 is 10.2 Å². The van der Waals surface area contributed by atoms with Crippen LogP contribution >= 0.6 is 0 Å². The molecule has 2 heterocycles. The van der Waals surface area contributed by atoms with E-state index in [0.717, 1.165) is 17.2 Å². The first-order chi connectivity index (χ1) is 13.1. The van der Waals surface area contributed by atoms with Crippen molar-refractivity contribution in [2.75, 3.05) is 16.8 Å². The molecule has 1 atom stereocenters. The summed E-state index contributed by atoms with van der Waals surface area (Å²) in [7, 11) is 1.30. The highest BCUT2D eigenvalue weighted by Gasteiger charge is 2.58. The van der Waals surface area contributed by atoms with E-state index in [0.29, 0.717) is 18.7 Å². The molecule has 0 aliphatic carbocycles. The zero-order valence-corrected chi connectivity index (χ0v) is 15.0. The standard InChI is InChI=1S/C18H19F3N4O3/c1-24-10-8-22-16(24)17(28,18(19,20)21)11-14(26)23-12-4-6-13(7-5-12)25-9-2-3-15(25)27/h4-8,10,28H,2-3,9,11H2,1H3,(H,23,26)/t17-/m1/s1. The number of alkyl halides is 3. The molecule has 1 aliphatic heterocycles. The lowest BCUT2D eigenvalue weighted by Crippen LogP contribution is -2.46. The van der Waals surface area contributed by atoms with Crippen molar-refractivity contribution < 1.29 is 27.9 Å². The molecular formula is C18H19F3N4O3. The van der Waals surface area contributed by atoms with Gasteiger partial charge in [0.05, 0.1) is 6.42 Å². The molecule has 0 saturated carbocycles. The van der Waals surface area contributed by atoms with Gasteiger partial charge in [0, 0.05) is 43.8 Å². The summed E-state index contributed by atoms with van der Waals surface area (Å²) < 4.78 is 41.5. The Hall–Kier alpha value is -2.88. The van der Waals surface area contributed by atoms with Gasteiger partial charge in [0.25, 0.3) is 0 Å². The Kier molecular flexibility index (Phi) is 5.16. The molecule has 0 unspecified atom stereocenters. The molecule has 1 aliphatic rings. The summed E-state index contributed by atoms with van der Waals surface area (Å²) in [4.78, 5) is 29.1. The first-order valence-corrected chi connectivity index (χ1v) is 8.59. The Balaban J connectivity index is 1.73. The van der Waals surface area contributed by atoms with E-state index >= 15 is 0 Å². The number of halogens is 3. The van der Waals surface area contributed by atoms with E-state index in [-0.39, 0.29) is 11.6 Å². The van der Waals surface area contributed by atoms with Gasteiger partial charge in [-0.15, -0.1) is 0 Å². The maximum absolute atomic E-state index is 13.5. The molecule has 2 amide bonds. The van der Waals surface area contributed by atoms with Crippen LogP contribution in [0.4, 0.5) is 24.5 Å². The van der Waals surface area contributed by atoms with Crippen molar-refractivity contribution in [3.8, 4) is 0 Å². The fourth-order valence-corrected chi connectivity index (χ4v) is 3.15. The highest BCUT2D eigenvalue weighted by Crippen LogP contribution is 2.41. The van der Waals surface area contributed by atoms with E-state index in [1.165, 1.54) is 25.4 Å². The van der Waals surface area contributed by atoms with E-state index < -0.39 is 29.9 Å². The molecule has 3 rings (SSSR count). The number of aliphatic hydroxyl groups is 1. The summed E-state index contributed by atoms with van der Waals surface area (Å²) in [6, 6.07) is 6.19. The number of hydrogen-bond acceptors (Lipinski definition) is 4. The second-order valence-electron chi connectivity index (χ2n) is 6.64. The molecule has 28 heavy (non-hydrogen) atoms. The van der Waals surface area contributed by atoms with Crippen LogP contribution in [0.15, 0.2) is 36.7 Å². The largest absolute Gasteiger partial charge is 0.425 e. The van der Waals surface area contributed by atoms with Gasteiger partial charge in [-0.25, -0.2) is 4.98 Å². The van der Waals surface area contributed by atoms with Crippen LogP contribution in [0.2, 0.25) is 0 Å². The van der Waals surface area contributed by atoms with Gasteiger partial charge in [-0.1, -0.05) is 0 Å². The third-order valence-corrected chi connectivity index (χ3v) is 4.61. The number of nitrogens with zero attached hydrogens (tertiary/aromatic N) is 3. The van der Waals surface area contributed by atoms with Crippen LogP contribution in [0.25, 0.3) is 0 Å². The van der Waals surface area contributed by atoms with Crippen molar-refractivity contribution in [1.82, 2.24) is 9.55 Å². The van der Waals surface area contributed by atoms with Gasteiger partial charge in [0.2, 0.25) is 17.4 Å². The minimum atomic E-state index is -5.09. The maximum atomic E-state index is 13.5. The van der Waals surface area contributed by atoms with Crippen LogP contribution in [0.3, 0.4) is 0 Å². The van der Waals surface area contributed by atoms with E-state index in [2.05, 4.69) is 10.3 Å².